The first-order chi connectivity index (χ1) is 34.2. The highest BCUT2D eigenvalue weighted by Gasteiger charge is 2.37. The van der Waals surface area contributed by atoms with Crippen molar-refractivity contribution in [2.24, 2.45) is 56.7 Å². The lowest BCUT2D eigenvalue weighted by Crippen LogP contribution is -2.26. The molecule has 10 aliphatic carbocycles. The van der Waals surface area contributed by atoms with Gasteiger partial charge in [0.25, 0.3) is 0 Å². The SMILES string of the molecule is C1CCC2(CC1)CCCC2.C1CCC2(CC1)CCCC2.C1CCC2(CC1)CCCC2.C1CCC2(CC1)CCCCC2.C1CCC2(CC1)CCCCC2.CC(C)C.CC(C)C.CC(C)C.CC(C)C.CC(C)C. The predicted octanol–water partition coefficient (Wildman–Crippen LogP) is 26.6. The van der Waals surface area contributed by atoms with E-state index in [1.54, 1.807) is 128 Å². The maximum absolute atomic E-state index is 2.17. The van der Waals surface area contributed by atoms with Gasteiger partial charge in [-0.25, -0.2) is 0 Å². The van der Waals surface area contributed by atoms with E-state index in [-0.39, 0.29) is 0 Å². The first-order valence-corrected chi connectivity index (χ1v) is 34.2. The molecule has 0 aromatic rings. The summed E-state index contributed by atoms with van der Waals surface area (Å²) in [6, 6.07) is 0. The van der Waals surface area contributed by atoms with Gasteiger partial charge in [-0.2, -0.15) is 0 Å². The minimum atomic E-state index is 0.833. The number of rotatable bonds is 0. The Morgan fingerprint density at radius 1 is 0.125 bits per heavy atom. The molecule has 10 saturated carbocycles. The summed E-state index contributed by atoms with van der Waals surface area (Å²) in [7, 11) is 0. The zero-order valence-corrected chi connectivity index (χ0v) is 53.6. The molecule has 5 spiro atoms. The van der Waals surface area contributed by atoms with E-state index in [1.807, 2.05) is 0 Å². The minimum Gasteiger partial charge on any atom is -0.0630 e. The quantitative estimate of drug-likeness (QED) is 0.227. The predicted molar refractivity (Wildman–Crippen MR) is 332 cm³/mol. The van der Waals surface area contributed by atoms with Crippen molar-refractivity contribution in [1.29, 1.82) is 0 Å². The molecule has 432 valence electrons. The second-order valence-electron chi connectivity index (χ2n) is 30.7. The summed E-state index contributed by atoms with van der Waals surface area (Å²) in [5.41, 5.74) is 4.34. The van der Waals surface area contributed by atoms with E-state index in [4.69, 9.17) is 0 Å². The van der Waals surface area contributed by atoms with Crippen LogP contribution in [0, 0.1) is 56.7 Å². The second-order valence-corrected chi connectivity index (χ2v) is 30.7. The van der Waals surface area contributed by atoms with Gasteiger partial charge in [0.2, 0.25) is 0 Å². The highest BCUT2D eigenvalue weighted by atomic mass is 14.4. The van der Waals surface area contributed by atoms with Crippen molar-refractivity contribution in [1.82, 2.24) is 0 Å². The highest BCUT2D eigenvalue weighted by Crippen LogP contribution is 2.52. The maximum atomic E-state index is 2.17. The average Bonchev–Trinajstić information content (AvgIpc) is 4.11. The van der Waals surface area contributed by atoms with E-state index in [9.17, 15) is 0 Å². The molecule has 0 radical (unpaired) electrons. The number of hydrogen-bond acceptors (Lipinski definition) is 0. The van der Waals surface area contributed by atoms with Gasteiger partial charge in [-0.1, -0.05) is 277 Å². The van der Waals surface area contributed by atoms with Gasteiger partial charge in [-0.05, 0) is 185 Å². The van der Waals surface area contributed by atoms with Gasteiger partial charge in [-0.15, -0.1) is 0 Å². The summed E-state index contributed by atoms with van der Waals surface area (Å²) < 4.78 is 0. The molecule has 0 heteroatoms. The molecule has 0 heterocycles. The van der Waals surface area contributed by atoms with Gasteiger partial charge in [-0.3, -0.25) is 0 Å². The van der Waals surface area contributed by atoms with E-state index in [0.29, 0.717) is 0 Å². The summed E-state index contributed by atoms with van der Waals surface area (Å²) >= 11 is 0. The summed E-state index contributed by atoms with van der Waals surface area (Å²) in [5, 5.41) is 0. The molecule has 10 aliphatic rings. The Labute approximate surface area is 460 Å². The van der Waals surface area contributed by atoms with E-state index in [0.717, 1.165) is 56.7 Å². The van der Waals surface area contributed by atoms with Gasteiger partial charge >= 0.3 is 0 Å². The third kappa shape index (κ3) is 35.4. The van der Waals surface area contributed by atoms with Crippen molar-refractivity contribution in [3.05, 3.63) is 0 Å². The monoisotopic (exact) mass is 1010 g/mol. The molecule has 0 aromatic carbocycles. The Bertz CT molecular complexity index is 923. The fraction of sp³-hybridized carbons (Fsp3) is 1.00. The second kappa shape index (κ2) is 41.1. The molecule has 0 bridgehead atoms. The van der Waals surface area contributed by atoms with Crippen molar-refractivity contribution in [2.75, 3.05) is 0 Å². The van der Waals surface area contributed by atoms with Crippen LogP contribution in [0.1, 0.15) is 406 Å². The molecule has 0 saturated heterocycles. The van der Waals surface area contributed by atoms with Crippen molar-refractivity contribution in [3.63, 3.8) is 0 Å². The summed E-state index contributed by atoms with van der Waals surface area (Å²) in [5.74, 6) is 4.17. The Morgan fingerprint density at radius 3 is 0.250 bits per heavy atom. The van der Waals surface area contributed by atoms with Crippen LogP contribution in [-0.2, 0) is 0 Å². The molecule has 0 N–H and O–H groups in total. The van der Waals surface area contributed by atoms with E-state index in [2.05, 4.69) is 104 Å². The molecule has 0 nitrogen and oxygen atoms in total. The maximum Gasteiger partial charge on any atom is -0.0297 e. The molecular weight excluding hydrogens is 865 g/mol. The molecule has 10 rings (SSSR count). The fourth-order valence-corrected chi connectivity index (χ4v) is 15.0. The first-order valence-electron chi connectivity index (χ1n) is 34.2. The summed E-state index contributed by atoms with van der Waals surface area (Å²) in [6.45, 7) is 32.5. The van der Waals surface area contributed by atoms with Crippen LogP contribution < -0.4 is 0 Å². The smallest absolute Gasteiger partial charge is 0.0297 e. The molecule has 0 atom stereocenters. The lowest BCUT2D eigenvalue weighted by molar-refractivity contribution is 0.124. The van der Waals surface area contributed by atoms with Crippen molar-refractivity contribution in [2.45, 2.75) is 406 Å². The van der Waals surface area contributed by atoms with Crippen LogP contribution >= 0.6 is 0 Å². The average molecular weight is 1010 g/mol. The Morgan fingerprint density at radius 2 is 0.181 bits per heavy atom. The van der Waals surface area contributed by atoms with Crippen molar-refractivity contribution in [3.8, 4) is 0 Å². The van der Waals surface area contributed by atoms with Gasteiger partial charge in [0.15, 0.2) is 0 Å². The molecule has 0 aliphatic heterocycles. The van der Waals surface area contributed by atoms with Gasteiger partial charge in [0.05, 0.1) is 0 Å². The largest absolute Gasteiger partial charge is 0.0630 e. The Balaban J connectivity index is 0.000000413. The molecule has 0 unspecified atom stereocenters. The fourth-order valence-electron chi connectivity index (χ4n) is 15.0. The standard InChI is InChI=1S/2C11H20.3C10H18.5C4H10/c2*1-3-7-11(8-4-1)9-5-2-6-10-11;3*1-2-6-10(7-3-1)8-4-5-9-10;5*1-4(2)3/h2*1-10H2;3*1-9H2;5*4H,1-3H3. The van der Waals surface area contributed by atoms with Crippen LogP contribution in [0.3, 0.4) is 0 Å². The van der Waals surface area contributed by atoms with Crippen molar-refractivity contribution >= 4 is 0 Å². The summed E-state index contributed by atoms with van der Waals surface area (Å²) in [6.07, 6.45) is 72.4. The van der Waals surface area contributed by atoms with Gasteiger partial charge < -0.3 is 0 Å². The topological polar surface area (TPSA) is 0 Å². The van der Waals surface area contributed by atoms with E-state index >= 15 is 0 Å². The van der Waals surface area contributed by atoms with Crippen molar-refractivity contribution < 1.29 is 0 Å². The Hall–Kier alpha value is 0. The molecule has 0 amide bonds. The zero-order chi connectivity index (χ0) is 53.6. The zero-order valence-electron chi connectivity index (χ0n) is 53.6. The van der Waals surface area contributed by atoms with Crippen LogP contribution in [0.2, 0.25) is 0 Å². The number of hydrogen-bond donors (Lipinski definition) is 0. The normalized spacial score (nSPS) is 24.8. The van der Waals surface area contributed by atoms with Crippen LogP contribution in [0.25, 0.3) is 0 Å². The lowest BCUT2D eigenvalue weighted by Gasteiger charge is -2.40. The molecule has 72 heavy (non-hydrogen) atoms. The minimum absolute atomic E-state index is 0.833. The summed E-state index contributed by atoms with van der Waals surface area (Å²) in [4.78, 5) is 0. The highest BCUT2D eigenvalue weighted by molar-refractivity contribution is 4.90. The van der Waals surface area contributed by atoms with Crippen LogP contribution in [-0.4, -0.2) is 0 Å². The Kier molecular flexibility index (Phi) is 40.0. The van der Waals surface area contributed by atoms with Gasteiger partial charge in [0.1, 0.15) is 0 Å². The molecular formula is C72H144. The van der Waals surface area contributed by atoms with E-state index < -0.39 is 0 Å². The third-order valence-electron chi connectivity index (χ3n) is 18.4. The van der Waals surface area contributed by atoms with E-state index in [1.165, 1.54) is 173 Å². The van der Waals surface area contributed by atoms with Crippen LogP contribution in [0.15, 0.2) is 0 Å². The van der Waals surface area contributed by atoms with Gasteiger partial charge in [0, 0.05) is 0 Å². The lowest BCUT2D eigenvalue weighted by atomic mass is 9.65. The first kappa shape index (κ1) is 70.0. The molecule has 10 fully saturated rings. The van der Waals surface area contributed by atoms with Crippen LogP contribution in [0.4, 0.5) is 0 Å². The van der Waals surface area contributed by atoms with Crippen LogP contribution in [0.5, 0.6) is 0 Å². The third-order valence-corrected chi connectivity index (χ3v) is 18.4. The molecule has 0 aromatic heterocycles.